The van der Waals surface area contributed by atoms with Gasteiger partial charge >= 0.3 is 6.01 Å². The number of anilines is 1. The Morgan fingerprint density at radius 3 is 2.71 bits per heavy atom. The molecule has 2 aromatic carbocycles. The van der Waals surface area contributed by atoms with E-state index in [4.69, 9.17) is 16.1 Å². The molecule has 3 aliphatic heterocycles. The van der Waals surface area contributed by atoms with Crippen LogP contribution < -0.4 is 9.64 Å². The zero-order valence-corrected chi connectivity index (χ0v) is 24.9. The molecule has 2 aromatic heterocycles. The number of ether oxygens (including phenoxy) is 1. The highest BCUT2D eigenvalue weighted by atomic mass is 19.1. The summed E-state index contributed by atoms with van der Waals surface area (Å²) in [4.78, 5) is 18.3. The van der Waals surface area contributed by atoms with E-state index < -0.39 is 23.3 Å². The summed E-state index contributed by atoms with van der Waals surface area (Å²) >= 11 is 0. The molecule has 4 aromatic rings. The molecular formula is C35H34F3N5O2. The average molecular weight is 614 g/mol. The van der Waals surface area contributed by atoms with Gasteiger partial charge in [-0.05, 0) is 74.1 Å². The molecular weight excluding hydrogens is 579 g/mol. The molecule has 10 heteroatoms. The van der Waals surface area contributed by atoms with Crippen molar-refractivity contribution in [1.82, 2.24) is 19.9 Å². The summed E-state index contributed by atoms with van der Waals surface area (Å²) in [6.07, 6.45) is 13.2. The molecule has 3 saturated heterocycles. The maximum absolute atomic E-state index is 16.8. The number of hydrogen-bond acceptors (Lipinski definition) is 7. The summed E-state index contributed by atoms with van der Waals surface area (Å²) in [7, 11) is 0. The van der Waals surface area contributed by atoms with Crippen molar-refractivity contribution in [2.45, 2.75) is 56.7 Å². The molecule has 2 bridgehead atoms. The second kappa shape index (κ2) is 10.8. The van der Waals surface area contributed by atoms with Gasteiger partial charge in [-0.2, -0.15) is 9.97 Å². The summed E-state index contributed by atoms with van der Waals surface area (Å²) < 4.78 is 52.4. The molecule has 4 aliphatic rings. The number of nitrogens with zero attached hydrogens (tertiary/aromatic N) is 5. The fraction of sp³-hybridized carbons (Fsp3) is 0.457. The molecule has 0 spiro atoms. The Bertz CT molecular complexity index is 1870. The zero-order valence-electron chi connectivity index (χ0n) is 24.9. The van der Waals surface area contributed by atoms with Gasteiger partial charge < -0.3 is 14.7 Å². The molecule has 1 N–H and O–H groups in total. The normalized spacial score (nSPS) is 26.4. The van der Waals surface area contributed by atoms with Gasteiger partial charge in [0.1, 0.15) is 41.4 Å². The van der Waals surface area contributed by atoms with Crippen LogP contribution in [0.5, 0.6) is 11.8 Å². The SMILES string of the molecule is C#Cc1c(F)ccc2cc(O)cc(-c3ncc4c(N5CC6CCCC(C6)C5)nc(OC[C@@]56CCCN5C[C@H](F)C6)nc4c3F)c12. The van der Waals surface area contributed by atoms with Crippen LogP contribution in [0.1, 0.15) is 50.5 Å². The molecule has 4 atom stereocenters. The monoisotopic (exact) mass is 613 g/mol. The minimum Gasteiger partial charge on any atom is -0.508 e. The standard InChI is InChI=1S/C35H34F3N5O2/c1-2-25-28(37)8-7-22-12-24(44)13-26(29(22)25)31-30(38)32-27(15-39-31)33(42-16-20-5-3-6-21(11-20)17-42)41-34(40-32)45-19-35-9-4-10-43(35)18-23(36)14-35/h1,7-8,12-13,15,20-21,23,44H,3-6,9-11,14,16-19H2/t20?,21?,23-,35+/m1/s1. The molecule has 232 valence electrons. The van der Waals surface area contributed by atoms with Crippen molar-refractivity contribution in [1.29, 1.82) is 0 Å². The topological polar surface area (TPSA) is 74.6 Å². The first-order chi connectivity index (χ1) is 21.8. The number of phenols is 1. The lowest BCUT2D eigenvalue weighted by molar-refractivity contribution is 0.107. The van der Waals surface area contributed by atoms with Crippen LogP contribution in [0.15, 0.2) is 30.5 Å². The van der Waals surface area contributed by atoms with Crippen LogP contribution in [-0.4, -0.2) is 69.5 Å². The minimum atomic E-state index is -0.907. The Morgan fingerprint density at radius 2 is 1.91 bits per heavy atom. The second-order valence-electron chi connectivity index (χ2n) is 13.3. The number of fused-ring (bicyclic) bond motifs is 5. The highest BCUT2D eigenvalue weighted by molar-refractivity contribution is 6.03. The summed E-state index contributed by atoms with van der Waals surface area (Å²) in [6, 6.07) is 5.54. The number of aromatic nitrogens is 3. The fourth-order valence-corrected chi connectivity index (χ4v) is 8.52. The maximum atomic E-state index is 16.8. The molecule has 8 rings (SSSR count). The third-order valence-corrected chi connectivity index (χ3v) is 10.5. The molecule has 1 aliphatic carbocycles. The van der Waals surface area contributed by atoms with E-state index in [1.165, 1.54) is 37.1 Å². The molecule has 5 heterocycles. The predicted octanol–water partition coefficient (Wildman–Crippen LogP) is 6.39. The van der Waals surface area contributed by atoms with Crippen molar-refractivity contribution < 1.29 is 23.0 Å². The largest absolute Gasteiger partial charge is 0.508 e. The molecule has 0 amide bonds. The zero-order chi connectivity index (χ0) is 30.9. The molecule has 45 heavy (non-hydrogen) atoms. The quantitative estimate of drug-likeness (QED) is 0.262. The Kier molecular flexibility index (Phi) is 6.79. The smallest absolute Gasteiger partial charge is 0.319 e. The van der Waals surface area contributed by atoms with Gasteiger partial charge in [0.2, 0.25) is 0 Å². The van der Waals surface area contributed by atoms with E-state index in [0.717, 1.165) is 45.3 Å². The van der Waals surface area contributed by atoms with Crippen molar-refractivity contribution in [3.63, 3.8) is 0 Å². The Morgan fingerprint density at radius 1 is 1.09 bits per heavy atom. The van der Waals surface area contributed by atoms with Gasteiger partial charge in [-0.3, -0.25) is 9.88 Å². The van der Waals surface area contributed by atoms with Crippen LogP contribution in [0.2, 0.25) is 0 Å². The number of piperidine rings is 1. The van der Waals surface area contributed by atoms with Crippen LogP contribution in [0.4, 0.5) is 19.0 Å². The maximum Gasteiger partial charge on any atom is 0.319 e. The Hall–Kier alpha value is -4.10. The number of benzene rings is 2. The van der Waals surface area contributed by atoms with Crippen LogP contribution >= 0.6 is 0 Å². The third kappa shape index (κ3) is 4.75. The van der Waals surface area contributed by atoms with Gasteiger partial charge in [0, 0.05) is 43.2 Å². The molecule has 1 saturated carbocycles. The lowest BCUT2D eigenvalue weighted by Gasteiger charge is -2.42. The second-order valence-corrected chi connectivity index (χ2v) is 13.3. The number of terminal acetylenes is 1. The number of phenolic OH excluding ortho intramolecular Hbond substituents is 1. The summed E-state index contributed by atoms with van der Waals surface area (Å²) in [5.74, 6) is 2.50. The summed E-state index contributed by atoms with van der Waals surface area (Å²) in [5, 5.41) is 11.7. The van der Waals surface area contributed by atoms with E-state index in [9.17, 15) is 13.9 Å². The van der Waals surface area contributed by atoms with E-state index in [1.54, 1.807) is 6.20 Å². The van der Waals surface area contributed by atoms with Gasteiger partial charge in [0.15, 0.2) is 5.82 Å². The fourth-order valence-electron chi connectivity index (χ4n) is 8.52. The van der Waals surface area contributed by atoms with E-state index in [0.29, 0.717) is 41.4 Å². The van der Waals surface area contributed by atoms with Gasteiger partial charge in [0.05, 0.1) is 16.5 Å². The number of rotatable bonds is 5. The van der Waals surface area contributed by atoms with E-state index >= 15 is 4.39 Å². The predicted molar refractivity (Wildman–Crippen MR) is 166 cm³/mol. The first kappa shape index (κ1) is 28.4. The Balaban J connectivity index is 1.27. The number of halogens is 3. The molecule has 4 fully saturated rings. The van der Waals surface area contributed by atoms with E-state index in [1.807, 2.05) is 0 Å². The number of aromatic hydroxyl groups is 1. The number of pyridine rings is 1. The van der Waals surface area contributed by atoms with Gasteiger partial charge in [-0.25, -0.2) is 13.2 Å². The van der Waals surface area contributed by atoms with Gasteiger partial charge in [-0.1, -0.05) is 18.4 Å². The van der Waals surface area contributed by atoms with Crippen LogP contribution in [0.25, 0.3) is 32.9 Å². The molecule has 2 unspecified atom stereocenters. The summed E-state index contributed by atoms with van der Waals surface area (Å²) in [6.45, 7) is 3.03. The number of alkyl halides is 1. The van der Waals surface area contributed by atoms with Crippen molar-refractivity contribution in [2.24, 2.45) is 11.8 Å². The highest BCUT2D eigenvalue weighted by Crippen LogP contribution is 2.43. The van der Waals surface area contributed by atoms with Gasteiger partial charge in [0.25, 0.3) is 0 Å². The lowest BCUT2D eigenvalue weighted by atomic mass is 9.78. The third-order valence-electron chi connectivity index (χ3n) is 10.5. The minimum absolute atomic E-state index is 0.0152. The van der Waals surface area contributed by atoms with Crippen LogP contribution in [-0.2, 0) is 0 Å². The van der Waals surface area contributed by atoms with Crippen LogP contribution in [0, 0.1) is 35.8 Å². The molecule has 7 nitrogen and oxygen atoms in total. The first-order valence-corrected chi connectivity index (χ1v) is 15.9. The van der Waals surface area contributed by atoms with E-state index in [2.05, 4.69) is 25.7 Å². The Labute approximate surface area is 259 Å². The average Bonchev–Trinajstić information content (AvgIpc) is 3.55. The summed E-state index contributed by atoms with van der Waals surface area (Å²) in [5.41, 5.74) is -0.403. The first-order valence-electron chi connectivity index (χ1n) is 15.9. The van der Waals surface area contributed by atoms with Crippen molar-refractivity contribution in [2.75, 3.05) is 37.7 Å². The highest BCUT2D eigenvalue weighted by Gasteiger charge is 2.49. The van der Waals surface area contributed by atoms with Crippen molar-refractivity contribution in [3.8, 4) is 35.4 Å². The van der Waals surface area contributed by atoms with Crippen molar-refractivity contribution >= 4 is 27.5 Å². The van der Waals surface area contributed by atoms with Crippen LogP contribution in [0.3, 0.4) is 0 Å². The van der Waals surface area contributed by atoms with Gasteiger partial charge in [-0.15, -0.1) is 6.42 Å². The van der Waals surface area contributed by atoms with E-state index in [-0.39, 0.29) is 46.1 Å². The number of hydrogen-bond donors (Lipinski definition) is 1. The lowest BCUT2D eigenvalue weighted by Crippen LogP contribution is -2.44. The van der Waals surface area contributed by atoms with Crippen molar-refractivity contribution in [3.05, 3.63) is 47.7 Å². The molecule has 0 radical (unpaired) electrons.